The molecule has 0 unspecified atom stereocenters. The van der Waals surface area contributed by atoms with E-state index < -0.39 is 0 Å². The van der Waals surface area contributed by atoms with E-state index >= 15 is 0 Å². The summed E-state index contributed by atoms with van der Waals surface area (Å²) in [5.74, 6) is 0.0387. The van der Waals surface area contributed by atoms with Crippen LogP contribution >= 0.6 is 0 Å². The monoisotopic (exact) mass is 341 g/mol. The first-order valence-electron chi connectivity index (χ1n) is 9.18. The largest absolute Gasteiger partial charge is 0.351 e. The van der Waals surface area contributed by atoms with Gasteiger partial charge in [-0.05, 0) is 31.4 Å². The Morgan fingerprint density at radius 1 is 1.24 bits per heavy atom. The quantitative estimate of drug-likeness (QED) is 0.870. The third-order valence-corrected chi connectivity index (χ3v) is 5.38. The first kappa shape index (κ1) is 17.7. The number of nitrogens with zero attached hydrogens (tertiary/aromatic N) is 2. The lowest BCUT2D eigenvalue weighted by Gasteiger charge is -2.34. The third-order valence-electron chi connectivity index (χ3n) is 5.38. The van der Waals surface area contributed by atoms with E-state index in [0.29, 0.717) is 12.0 Å². The molecule has 1 aromatic heterocycles. The molecule has 2 heterocycles. The van der Waals surface area contributed by atoms with Crippen molar-refractivity contribution in [3.63, 3.8) is 0 Å². The lowest BCUT2D eigenvalue weighted by molar-refractivity contribution is -0.0624. The van der Waals surface area contributed by atoms with E-state index in [1.165, 1.54) is 0 Å². The molecule has 2 aromatic rings. The number of H-pyrrole nitrogens is 1. The van der Waals surface area contributed by atoms with Crippen LogP contribution in [0.1, 0.15) is 56.1 Å². The van der Waals surface area contributed by atoms with Gasteiger partial charge in [-0.15, -0.1) is 0 Å². The van der Waals surface area contributed by atoms with E-state index in [-0.39, 0.29) is 23.8 Å². The summed E-state index contributed by atoms with van der Waals surface area (Å²) >= 11 is 0. The molecular weight excluding hydrogens is 314 g/mol. The Bertz CT molecular complexity index is 680. The van der Waals surface area contributed by atoms with Crippen LogP contribution in [-0.4, -0.2) is 38.6 Å². The van der Waals surface area contributed by atoms with Gasteiger partial charge < -0.3 is 14.6 Å². The highest BCUT2D eigenvalue weighted by Gasteiger charge is 2.52. The van der Waals surface area contributed by atoms with Crippen LogP contribution in [0.25, 0.3) is 0 Å². The van der Waals surface area contributed by atoms with Gasteiger partial charge in [0.2, 0.25) is 0 Å². The Kier molecular flexibility index (Phi) is 5.23. The normalized spacial score (nSPS) is 22.3. The molecule has 134 valence electrons. The summed E-state index contributed by atoms with van der Waals surface area (Å²) in [6.45, 7) is 6.36. The van der Waals surface area contributed by atoms with Crippen molar-refractivity contribution in [2.45, 2.75) is 64.3 Å². The van der Waals surface area contributed by atoms with Gasteiger partial charge in [-0.2, -0.15) is 0 Å². The average molecular weight is 341 g/mol. The summed E-state index contributed by atoms with van der Waals surface area (Å²) in [5, 5.41) is 0. The predicted octanol–water partition coefficient (Wildman–Crippen LogP) is 3.79. The zero-order chi connectivity index (χ0) is 17.9. The van der Waals surface area contributed by atoms with Crippen molar-refractivity contribution >= 4 is 5.91 Å². The Labute approximate surface area is 149 Å². The van der Waals surface area contributed by atoms with E-state index in [4.69, 9.17) is 4.74 Å². The average Bonchev–Trinajstić information content (AvgIpc) is 3.28. The van der Waals surface area contributed by atoms with Crippen molar-refractivity contribution in [3.05, 3.63) is 54.1 Å². The summed E-state index contributed by atoms with van der Waals surface area (Å²) in [4.78, 5) is 22.6. The molecule has 1 aliphatic heterocycles. The highest BCUT2D eigenvalue weighted by molar-refractivity contribution is 5.94. The minimum atomic E-state index is -0.329. The summed E-state index contributed by atoms with van der Waals surface area (Å²) in [6, 6.07) is 9.46. The fourth-order valence-corrected chi connectivity index (χ4v) is 3.92. The minimum absolute atomic E-state index is 0.0246. The number of hydrogen-bond donors (Lipinski definition) is 1. The van der Waals surface area contributed by atoms with Crippen LogP contribution in [0.3, 0.4) is 0 Å². The number of benzene rings is 1. The number of aromatic amines is 1. The number of amides is 1. The van der Waals surface area contributed by atoms with Gasteiger partial charge in [0.25, 0.3) is 5.91 Å². The second-order valence-electron chi connectivity index (χ2n) is 6.61. The first-order valence-corrected chi connectivity index (χ1v) is 9.18. The van der Waals surface area contributed by atoms with Crippen LogP contribution < -0.4 is 0 Å². The molecule has 5 nitrogen and oxygen atoms in total. The Morgan fingerprint density at radius 3 is 2.52 bits per heavy atom. The zero-order valence-electron chi connectivity index (χ0n) is 15.2. The standard InChI is InChI=1S/C20H27N3O2/c1-4-18-23(19(24)15-10-8-7-9-11-15)17(12-16-13-21-14-22-16)20(5-2,6-3)25-18/h7-11,13-14,17-18H,4-6,12H2,1-3H3,(H,21,22)/t17-,18-/m0/s1. The Morgan fingerprint density at radius 2 is 1.96 bits per heavy atom. The van der Waals surface area contributed by atoms with Crippen molar-refractivity contribution in [2.24, 2.45) is 0 Å². The number of ether oxygens (including phenoxy) is 1. The molecule has 3 rings (SSSR count). The number of carbonyl (C=O) groups is 1. The predicted molar refractivity (Wildman–Crippen MR) is 97.2 cm³/mol. The fourth-order valence-electron chi connectivity index (χ4n) is 3.92. The molecule has 5 heteroatoms. The number of rotatable bonds is 6. The fraction of sp³-hybridized carbons (Fsp3) is 0.500. The molecule has 0 radical (unpaired) electrons. The topological polar surface area (TPSA) is 58.2 Å². The molecular formula is C20H27N3O2. The number of nitrogens with one attached hydrogen (secondary N) is 1. The van der Waals surface area contributed by atoms with Gasteiger partial charge in [0.05, 0.1) is 23.7 Å². The second kappa shape index (κ2) is 7.40. The number of aromatic nitrogens is 2. The van der Waals surface area contributed by atoms with Gasteiger partial charge in [0, 0.05) is 18.2 Å². The summed E-state index contributed by atoms with van der Waals surface area (Å²) in [6.07, 6.45) is 6.60. The third kappa shape index (κ3) is 3.21. The van der Waals surface area contributed by atoms with Crippen LogP contribution in [-0.2, 0) is 11.2 Å². The van der Waals surface area contributed by atoms with Gasteiger partial charge in [-0.25, -0.2) is 4.98 Å². The van der Waals surface area contributed by atoms with Crippen molar-refractivity contribution in [3.8, 4) is 0 Å². The number of imidazole rings is 1. The Balaban J connectivity index is 2.00. The molecule has 1 aromatic carbocycles. The van der Waals surface area contributed by atoms with Crippen LogP contribution in [0, 0.1) is 0 Å². The highest BCUT2D eigenvalue weighted by Crippen LogP contribution is 2.41. The van der Waals surface area contributed by atoms with Crippen LogP contribution in [0.4, 0.5) is 0 Å². The van der Waals surface area contributed by atoms with Gasteiger partial charge >= 0.3 is 0 Å². The van der Waals surface area contributed by atoms with E-state index in [0.717, 1.165) is 25.0 Å². The molecule has 1 saturated heterocycles. The minimum Gasteiger partial charge on any atom is -0.351 e. The van der Waals surface area contributed by atoms with Crippen molar-refractivity contribution in [1.29, 1.82) is 0 Å². The number of hydrogen-bond acceptors (Lipinski definition) is 3. The maximum atomic E-state index is 13.3. The van der Waals surface area contributed by atoms with Gasteiger partial charge in [-0.1, -0.05) is 39.0 Å². The zero-order valence-corrected chi connectivity index (χ0v) is 15.2. The molecule has 0 saturated carbocycles. The maximum absolute atomic E-state index is 13.3. The summed E-state index contributed by atoms with van der Waals surface area (Å²) in [7, 11) is 0. The Hall–Kier alpha value is -2.14. The van der Waals surface area contributed by atoms with E-state index in [2.05, 4.69) is 30.7 Å². The highest BCUT2D eigenvalue weighted by atomic mass is 16.5. The molecule has 1 aliphatic rings. The van der Waals surface area contributed by atoms with Crippen molar-refractivity contribution in [2.75, 3.05) is 0 Å². The summed E-state index contributed by atoms with van der Waals surface area (Å²) in [5.41, 5.74) is 1.34. The first-order chi connectivity index (χ1) is 12.1. The van der Waals surface area contributed by atoms with E-state index in [1.54, 1.807) is 6.33 Å². The lowest BCUT2D eigenvalue weighted by Crippen LogP contribution is -2.49. The SMILES string of the molecule is CC[C@@H]1OC(CC)(CC)[C@H](Cc2c[nH]cn2)N1C(=O)c1ccccc1. The molecule has 1 N–H and O–H groups in total. The van der Waals surface area contributed by atoms with Crippen LogP contribution in [0.5, 0.6) is 0 Å². The molecule has 2 atom stereocenters. The van der Waals surface area contributed by atoms with Crippen molar-refractivity contribution in [1.82, 2.24) is 14.9 Å². The summed E-state index contributed by atoms with van der Waals surface area (Å²) < 4.78 is 6.48. The van der Waals surface area contributed by atoms with Crippen molar-refractivity contribution < 1.29 is 9.53 Å². The van der Waals surface area contributed by atoms with Gasteiger partial charge in [0.15, 0.2) is 0 Å². The molecule has 1 fully saturated rings. The molecule has 1 amide bonds. The molecule has 0 bridgehead atoms. The van der Waals surface area contributed by atoms with Crippen LogP contribution in [0.15, 0.2) is 42.9 Å². The van der Waals surface area contributed by atoms with Gasteiger partial charge in [0.1, 0.15) is 6.23 Å². The molecule has 25 heavy (non-hydrogen) atoms. The number of carbonyl (C=O) groups excluding carboxylic acids is 1. The molecule has 0 spiro atoms. The smallest absolute Gasteiger partial charge is 0.256 e. The maximum Gasteiger partial charge on any atom is 0.256 e. The van der Waals surface area contributed by atoms with Gasteiger partial charge in [-0.3, -0.25) is 4.79 Å². The molecule has 0 aliphatic carbocycles. The lowest BCUT2D eigenvalue weighted by atomic mass is 9.85. The van der Waals surface area contributed by atoms with Crippen LogP contribution in [0.2, 0.25) is 0 Å². The van der Waals surface area contributed by atoms with E-state index in [9.17, 15) is 4.79 Å². The second-order valence-corrected chi connectivity index (χ2v) is 6.61. The van der Waals surface area contributed by atoms with E-state index in [1.807, 2.05) is 41.4 Å².